The summed E-state index contributed by atoms with van der Waals surface area (Å²) in [7, 11) is 1.76. The number of benzene rings is 1. The van der Waals surface area contributed by atoms with Gasteiger partial charge in [-0.15, -0.1) is 0 Å². The van der Waals surface area contributed by atoms with Crippen molar-refractivity contribution in [2.24, 2.45) is 5.92 Å². The van der Waals surface area contributed by atoms with E-state index < -0.39 is 0 Å². The van der Waals surface area contributed by atoms with Crippen LogP contribution < -0.4 is 5.32 Å². The first kappa shape index (κ1) is 17.3. The Bertz CT molecular complexity index is 808. The molecular formula is C20H26N4O2. The summed E-state index contributed by atoms with van der Waals surface area (Å²) in [5.74, 6) is 1.54. The SMILES string of the molecule is COCCN1CCC(CNCc2cn[nH]c2-c2cc3ccccc3o2)C1. The molecule has 3 aromatic rings. The molecule has 1 fully saturated rings. The molecule has 3 heterocycles. The minimum absolute atomic E-state index is 0.702. The highest BCUT2D eigenvalue weighted by Crippen LogP contribution is 2.28. The maximum atomic E-state index is 5.97. The van der Waals surface area contributed by atoms with Crippen LogP contribution in [0, 0.1) is 5.92 Å². The lowest BCUT2D eigenvalue weighted by Gasteiger charge is -2.15. The minimum atomic E-state index is 0.702. The number of aromatic amines is 1. The van der Waals surface area contributed by atoms with E-state index >= 15 is 0 Å². The molecule has 1 aliphatic rings. The zero-order valence-corrected chi connectivity index (χ0v) is 15.2. The second kappa shape index (κ2) is 8.03. The predicted molar refractivity (Wildman–Crippen MR) is 102 cm³/mol. The summed E-state index contributed by atoms with van der Waals surface area (Å²) in [4.78, 5) is 2.48. The third-order valence-corrected chi connectivity index (χ3v) is 5.12. The van der Waals surface area contributed by atoms with E-state index in [-0.39, 0.29) is 0 Å². The molecule has 1 aromatic carbocycles. The van der Waals surface area contributed by atoms with Crippen LogP contribution in [0.1, 0.15) is 12.0 Å². The molecule has 4 rings (SSSR count). The molecule has 6 heteroatoms. The fourth-order valence-electron chi connectivity index (χ4n) is 3.68. The molecule has 6 nitrogen and oxygen atoms in total. The topological polar surface area (TPSA) is 66.3 Å². The average molecular weight is 354 g/mol. The second-order valence-corrected chi connectivity index (χ2v) is 7.00. The lowest BCUT2D eigenvalue weighted by molar-refractivity contribution is 0.159. The van der Waals surface area contributed by atoms with Crippen molar-refractivity contribution in [1.82, 2.24) is 20.4 Å². The number of methoxy groups -OCH3 is 1. The largest absolute Gasteiger partial charge is 0.454 e. The molecular weight excluding hydrogens is 328 g/mol. The summed E-state index contributed by atoms with van der Waals surface area (Å²) >= 11 is 0. The van der Waals surface area contributed by atoms with Crippen LogP contribution in [0.15, 0.2) is 40.9 Å². The smallest absolute Gasteiger partial charge is 0.153 e. The maximum absolute atomic E-state index is 5.97. The van der Waals surface area contributed by atoms with E-state index in [0.717, 1.165) is 60.8 Å². The van der Waals surface area contributed by atoms with Crippen molar-refractivity contribution in [1.29, 1.82) is 0 Å². The van der Waals surface area contributed by atoms with Crippen LogP contribution in [-0.4, -0.2) is 55.0 Å². The van der Waals surface area contributed by atoms with E-state index in [1.54, 1.807) is 7.11 Å². The van der Waals surface area contributed by atoms with E-state index in [1.165, 1.54) is 13.0 Å². The number of H-pyrrole nitrogens is 1. The number of ether oxygens (including phenoxy) is 1. The summed E-state index contributed by atoms with van der Waals surface area (Å²) in [5, 5.41) is 12.0. The molecule has 138 valence electrons. The Hall–Kier alpha value is -2.15. The first-order valence-electron chi connectivity index (χ1n) is 9.26. The number of furan rings is 1. The van der Waals surface area contributed by atoms with Crippen LogP contribution in [0.2, 0.25) is 0 Å². The highest BCUT2D eigenvalue weighted by Gasteiger charge is 2.22. The number of hydrogen-bond acceptors (Lipinski definition) is 5. The third kappa shape index (κ3) is 3.82. The van der Waals surface area contributed by atoms with Crippen molar-refractivity contribution < 1.29 is 9.15 Å². The van der Waals surface area contributed by atoms with Gasteiger partial charge in [-0.05, 0) is 37.6 Å². The fourth-order valence-corrected chi connectivity index (χ4v) is 3.68. The number of aromatic nitrogens is 2. The standard InChI is InChI=1S/C20H26N4O2/c1-25-9-8-24-7-6-15(14-24)11-21-12-17-13-22-23-20(17)19-10-16-4-2-3-5-18(16)26-19/h2-5,10,13,15,21H,6-9,11-12,14H2,1H3,(H,22,23). The summed E-state index contributed by atoms with van der Waals surface area (Å²) in [6.07, 6.45) is 3.13. The molecule has 0 aliphatic carbocycles. The number of likely N-dealkylation sites (tertiary alicyclic amines) is 1. The molecule has 1 unspecified atom stereocenters. The molecule has 26 heavy (non-hydrogen) atoms. The quantitative estimate of drug-likeness (QED) is 0.651. The Kier molecular flexibility index (Phi) is 5.34. The van der Waals surface area contributed by atoms with Gasteiger partial charge in [0.2, 0.25) is 0 Å². The molecule has 1 saturated heterocycles. The van der Waals surface area contributed by atoms with Crippen LogP contribution in [0.4, 0.5) is 0 Å². The van der Waals surface area contributed by atoms with E-state index in [1.807, 2.05) is 24.4 Å². The Morgan fingerprint density at radius 2 is 2.31 bits per heavy atom. The Balaban J connectivity index is 1.33. The minimum Gasteiger partial charge on any atom is -0.454 e. The van der Waals surface area contributed by atoms with Gasteiger partial charge in [-0.3, -0.25) is 5.10 Å². The molecule has 0 radical (unpaired) electrons. The molecule has 0 saturated carbocycles. The van der Waals surface area contributed by atoms with Crippen molar-refractivity contribution in [3.8, 4) is 11.5 Å². The zero-order chi connectivity index (χ0) is 17.8. The molecule has 1 atom stereocenters. The van der Waals surface area contributed by atoms with Crippen LogP contribution in [0.5, 0.6) is 0 Å². The Morgan fingerprint density at radius 3 is 3.19 bits per heavy atom. The molecule has 0 bridgehead atoms. The first-order chi connectivity index (χ1) is 12.8. The van der Waals surface area contributed by atoms with Crippen LogP contribution in [0.25, 0.3) is 22.4 Å². The van der Waals surface area contributed by atoms with Crippen LogP contribution >= 0.6 is 0 Å². The van der Waals surface area contributed by atoms with Gasteiger partial charge in [0.15, 0.2) is 5.76 Å². The lowest BCUT2D eigenvalue weighted by Crippen LogP contribution is -2.28. The van der Waals surface area contributed by atoms with E-state index in [4.69, 9.17) is 9.15 Å². The number of hydrogen-bond donors (Lipinski definition) is 2. The van der Waals surface area contributed by atoms with Crippen molar-refractivity contribution in [2.75, 3.05) is 39.9 Å². The van der Waals surface area contributed by atoms with Crippen molar-refractivity contribution >= 4 is 11.0 Å². The van der Waals surface area contributed by atoms with Crippen molar-refractivity contribution in [2.45, 2.75) is 13.0 Å². The predicted octanol–water partition coefficient (Wildman–Crippen LogP) is 2.88. The summed E-state index contributed by atoms with van der Waals surface area (Å²) in [6, 6.07) is 10.1. The third-order valence-electron chi connectivity index (χ3n) is 5.12. The van der Waals surface area contributed by atoms with Crippen molar-refractivity contribution in [3.05, 3.63) is 42.1 Å². The van der Waals surface area contributed by atoms with Crippen LogP contribution in [-0.2, 0) is 11.3 Å². The monoisotopic (exact) mass is 354 g/mol. The lowest BCUT2D eigenvalue weighted by atomic mass is 10.1. The normalized spacial score (nSPS) is 18.1. The summed E-state index contributed by atoms with van der Waals surface area (Å²) in [6.45, 7) is 5.98. The van der Waals surface area contributed by atoms with Gasteiger partial charge in [0.1, 0.15) is 11.3 Å². The van der Waals surface area contributed by atoms with E-state index in [9.17, 15) is 0 Å². The number of nitrogens with zero attached hydrogens (tertiary/aromatic N) is 2. The number of para-hydroxylation sites is 1. The van der Waals surface area contributed by atoms with Gasteiger partial charge < -0.3 is 19.4 Å². The Morgan fingerprint density at radius 1 is 1.38 bits per heavy atom. The van der Waals surface area contributed by atoms with Gasteiger partial charge >= 0.3 is 0 Å². The summed E-state index contributed by atoms with van der Waals surface area (Å²) in [5.41, 5.74) is 3.00. The number of rotatable bonds is 8. The van der Waals surface area contributed by atoms with E-state index in [0.29, 0.717) is 5.92 Å². The highest BCUT2D eigenvalue weighted by molar-refractivity contribution is 5.82. The number of fused-ring (bicyclic) bond motifs is 1. The van der Waals surface area contributed by atoms with Crippen molar-refractivity contribution in [3.63, 3.8) is 0 Å². The van der Waals surface area contributed by atoms with Crippen LogP contribution in [0.3, 0.4) is 0 Å². The molecule has 1 aliphatic heterocycles. The first-order valence-corrected chi connectivity index (χ1v) is 9.26. The maximum Gasteiger partial charge on any atom is 0.153 e. The molecule has 2 N–H and O–H groups in total. The number of nitrogens with one attached hydrogen (secondary N) is 2. The summed E-state index contributed by atoms with van der Waals surface area (Å²) < 4.78 is 11.1. The Labute approximate surface area is 153 Å². The highest BCUT2D eigenvalue weighted by atomic mass is 16.5. The molecule has 2 aromatic heterocycles. The van der Waals surface area contributed by atoms with Gasteiger partial charge in [0.05, 0.1) is 12.8 Å². The molecule has 0 amide bonds. The second-order valence-electron chi connectivity index (χ2n) is 7.00. The fraction of sp³-hybridized carbons (Fsp3) is 0.450. The van der Waals surface area contributed by atoms with Gasteiger partial charge in [0.25, 0.3) is 0 Å². The van der Waals surface area contributed by atoms with Gasteiger partial charge in [-0.2, -0.15) is 5.10 Å². The van der Waals surface area contributed by atoms with E-state index in [2.05, 4.69) is 32.5 Å². The van der Waals surface area contributed by atoms with Gasteiger partial charge in [-0.25, -0.2) is 0 Å². The zero-order valence-electron chi connectivity index (χ0n) is 15.2. The van der Waals surface area contributed by atoms with Gasteiger partial charge in [0, 0.05) is 37.7 Å². The van der Waals surface area contributed by atoms with Gasteiger partial charge in [-0.1, -0.05) is 18.2 Å². The molecule has 0 spiro atoms. The average Bonchev–Trinajstić information content (AvgIpc) is 3.38.